The van der Waals surface area contributed by atoms with E-state index in [-0.39, 0.29) is 5.41 Å². The van der Waals surface area contributed by atoms with Crippen molar-refractivity contribution in [2.24, 2.45) is 11.1 Å². The lowest BCUT2D eigenvalue weighted by molar-refractivity contribution is 0.302. The van der Waals surface area contributed by atoms with E-state index in [2.05, 4.69) is 37.8 Å². The molecule has 0 amide bonds. The van der Waals surface area contributed by atoms with Crippen molar-refractivity contribution in [1.82, 2.24) is 0 Å². The van der Waals surface area contributed by atoms with Crippen molar-refractivity contribution < 1.29 is 4.74 Å². The fourth-order valence-corrected chi connectivity index (χ4v) is 2.63. The zero-order valence-electron chi connectivity index (χ0n) is 11.6. The molecule has 0 bridgehead atoms. The minimum Gasteiger partial charge on any atom is -0.491 e. The summed E-state index contributed by atoms with van der Waals surface area (Å²) in [6.45, 7) is 9.21. The van der Waals surface area contributed by atoms with Crippen LogP contribution in [0, 0.1) is 5.41 Å². The molecule has 1 aromatic carbocycles. The first kappa shape index (κ1) is 13.2. The van der Waals surface area contributed by atoms with Gasteiger partial charge in [-0.05, 0) is 24.0 Å². The molecule has 1 atom stereocenters. The highest BCUT2D eigenvalue weighted by Gasteiger charge is 2.31. The summed E-state index contributed by atoms with van der Waals surface area (Å²) in [5.41, 5.74) is 7.36. The number of hydrogen-bond donors (Lipinski definition) is 1. The Hall–Kier alpha value is -1.22. The second kappa shape index (κ2) is 5.19. The van der Waals surface area contributed by atoms with Gasteiger partial charge >= 0.3 is 0 Å². The van der Waals surface area contributed by atoms with E-state index in [4.69, 9.17) is 10.5 Å². The van der Waals surface area contributed by atoms with Crippen LogP contribution in [0.4, 0.5) is 5.69 Å². The van der Waals surface area contributed by atoms with Crippen LogP contribution in [0.15, 0.2) is 24.3 Å². The molecular weight excluding hydrogens is 224 g/mol. The summed E-state index contributed by atoms with van der Waals surface area (Å²) in [6.07, 6.45) is 1.04. The third-order valence-corrected chi connectivity index (χ3v) is 3.57. The molecule has 0 fully saturated rings. The quantitative estimate of drug-likeness (QED) is 0.874. The molecule has 0 aliphatic carbocycles. The van der Waals surface area contributed by atoms with Crippen molar-refractivity contribution in [3.63, 3.8) is 0 Å². The molecule has 2 N–H and O–H groups in total. The summed E-state index contributed by atoms with van der Waals surface area (Å²) in [5, 5.41) is 0. The Bertz CT molecular complexity index is 398. The normalized spacial score (nSPS) is 17.7. The van der Waals surface area contributed by atoms with Crippen LogP contribution >= 0.6 is 0 Å². The van der Waals surface area contributed by atoms with E-state index >= 15 is 0 Å². The first-order valence-corrected chi connectivity index (χ1v) is 6.72. The van der Waals surface area contributed by atoms with Crippen molar-refractivity contribution in [2.75, 3.05) is 24.6 Å². The number of nitrogens with two attached hydrogens (primary N) is 1. The van der Waals surface area contributed by atoms with Gasteiger partial charge in [-0.2, -0.15) is 0 Å². The number of rotatable bonds is 2. The minimum atomic E-state index is 0.159. The molecule has 1 heterocycles. The van der Waals surface area contributed by atoms with Gasteiger partial charge in [0, 0.05) is 19.1 Å². The van der Waals surface area contributed by atoms with Gasteiger partial charge in [0.15, 0.2) is 0 Å². The largest absolute Gasteiger partial charge is 0.491 e. The van der Waals surface area contributed by atoms with Gasteiger partial charge in [0.05, 0.1) is 12.3 Å². The van der Waals surface area contributed by atoms with Gasteiger partial charge in [-0.25, -0.2) is 0 Å². The molecule has 18 heavy (non-hydrogen) atoms. The van der Waals surface area contributed by atoms with Gasteiger partial charge in [0.2, 0.25) is 0 Å². The molecule has 0 saturated carbocycles. The lowest BCUT2D eigenvalue weighted by Crippen LogP contribution is -2.49. The highest BCUT2D eigenvalue weighted by Crippen LogP contribution is 2.35. The summed E-state index contributed by atoms with van der Waals surface area (Å²) < 4.78 is 5.80. The zero-order valence-corrected chi connectivity index (χ0v) is 11.6. The van der Waals surface area contributed by atoms with Crippen LogP contribution in [-0.4, -0.2) is 25.7 Å². The topological polar surface area (TPSA) is 38.5 Å². The molecule has 3 heteroatoms. The van der Waals surface area contributed by atoms with Crippen LogP contribution in [0.2, 0.25) is 0 Å². The van der Waals surface area contributed by atoms with Gasteiger partial charge in [-0.1, -0.05) is 32.9 Å². The van der Waals surface area contributed by atoms with Gasteiger partial charge in [-0.15, -0.1) is 0 Å². The Balaban J connectivity index is 2.38. The van der Waals surface area contributed by atoms with Crippen molar-refractivity contribution >= 4 is 5.69 Å². The molecule has 0 spiro atoms. The maximum absolute atomic E-state index is 6.02. The highest BCUT2D eigenvalue weighted by molar-refractivity contribution is 5.60. The fraction of sp³-hybridized carbons (Fsp3) is 0.600. The average molecular weight is 248 g/mol. The molecule has 0 aromatic heterocycles. The molecule has 1 aromatic rings. The van der Waals surface area contributed by atoms with E-state index in [1.807, 2.05) is 12.1 Å². The Labute approximate surface area is 110 Å². The molecule has 3 nitrogen and oxygen atoms in total. The van der Waals surface area contributed by atoms with Crippen LogP contribution in [0.1, 0.15) is 27.2 Å². The average Bonchev–Trinajstić information content (AvgIpc) is 2.51. The minimum absolute atomic E-state index is 0.159. The summed E-state index contributed by atoms with van der Waals surface area (Å²) in [7, 11) is 0. The smallest absolute Gasteiger partial charge is 0.142 e. The number of anilines is 1. The van der Waals surface area contributed by atoms with Crippen LogP contribution in [0.5, 0.6) is 5.75 Å². The lowest BCUT2D eigenvalue weighted by atomic mass is 9.85. The number of nitrogens with zero attached hydrogens (tertiary/aromatic N) is 1. The van der Waals surface area contributed by atoms with Crippen LogP contribution in [0.25, 0.3) is 0 Å². The van der Waals surface area contributed by atoms with E-state index in [0.29, 0.717) is 12.6 Å². The van der Waals surface area contributed by atoms with Crippen LogP contribution in [0.3, 0.4) is 0 Å². The SMILES string of the molecule is CC(C)(C)C(CN)N1CCCOc2ccccc21. The summed E-state index contributed by atoms with van der Waals surface area (Å²) in [6, 6.07) is 8.60. The summed E-state index contributed by atoms with van der Waals surface area (Å²) in [4.78, 5) is 2.42. The molecule has 1 aliphatic rings. The molecule has 1 unspecified atom stereocenters. The van der Waals surface area contributed by atoms with E-state index < -0.39 is 0 Å². The van der Waals surface area contributed by atoms with E-state index in [1.165, 1.54) is 5.69 Å². The Morgan fingerprint density at radius 3 is 2.72 bits per heavy atom. The second-order valence-corrected chi connectivity index (χ2v) is 5.98. The number of ether oxygens (including phenoxy) is 1. The summed E-state index contributed by atoms with van der Waals surface area (Å²) in [5.74, 6) is 0.984. The third kappa shape index (κ3) is 2.61. The maximum Gasteiger partial charge on any atom is 0.142 e. The van der Waals surface area contributed by atoms with Gasteiger partial charge < -0.3 is 15.4 Å². The zero-order chi connectivity index (χ0) is 13.2. The number of para-hydroxylation sites is 2. The standard InChI is InChI=1S/C15H24N2O/c1-15(2,3)14(11-16)17-9-6-10-18-13-8-5-4-7-12(13)17/h4-5,7-8,14H,6,9-11,16H2,1-3H3. The van der Waals surface area contributed by atoms with Crippen molar-refractivity contribution in [2.45, 2.75) is 33.2 Å². The number of benzene rings is 1. The predicted molar refractivity (Wildman–Crippen MR) is 76.2 cm³/mol. The van der Waals surface area contributed by atoms with E-state index in [9.17, 15) is 0 Å². The second-order valence-electron chi connectivity index (χ2n) is 5.98. The monoisotopic (exact) mass is 248 g/mol. The first-order valence-electron chi connectivity index (χ1n) is 6.72. The fourth-order valence-electron chi connectivity index (χ4n) is 2.63. The molecular formula is C15H24N2O. The van der Waals surface area contributed by atoms with Crippen molar-refractivity contribution in [1.29, 1.82) is 0 Å². The van der Waals surface area contributed by atoms with Gasteiger partial charge in [0.25, 0.3) is 0 Å². The number of hydrogen-bond acceptors (Lipinski definition) is 3. The molecule has 100 valence electrons. The molecule has 1 aliphatic heterocycles. The molecule has 2 rings (SSSR count). The van der Waals surface area contributed by atoms with Gasteiger partial charge in [0.1, 0.15) is 5.75 Å². The third-order valence-electron chi connectivity index (χ3n) is 3.57. The van der Waals surface area contributed by atoms with Crippen molar-refractivity contribution in [3.05, 3.63) is 24.3 Å². The van der Waals surface area contributed by atoms with Gasteiger partial charge in [-0.3, -0.25) is 0 Å². The highest BCUT2D eigenvalue weighted by atomic mass is 16.5. The molecule has 0 radical (unpaired) electrons. The maximum atomic E-state index is 6.02. The van der Waals surface area contributed by atoms with E-state index in [1.54, 1.807) is 0 Å². The molecule has 0 saturated heterocycles. The van der Waals surface area contributed by atoms with Crippen molar-refractivity contribution in [3.8, 4) is 5.75 Å². The first-order chi connectivity index (χ1) is 8.54. The predicted octanol–water partition coefficient (Wildman–Crippen LogP) is 2.65. The Morgan fingerprint density at radius 1 is 1.33 bits per heavy atom. The van der Waals surface area contributed by atoms with Crippen LogP contribution in [-0.2, 0) is 0 Å². The lowest BCUT2D eigenvalue weighted by Gasteiger charge is -2.40. The van der Waals surface area contributed by atoms with Crippen LogP contribution < -0.4 is 15.4 Å². The Morgan fingerprint density at radius 2 is 2.06 bits per heavy atom. The Kier molecular flexibility index (Phi) is 3.81. The summed E-state index contributed by atoms with van der Waals surface area (Å²) >= 11 is 0. The number of fused-ring (bicyclic) bond motifs is 1. The van der Waals surface area contributed by atoms with E-state index in [0.717, 1.165) is 25.3 Å².